The first-order chi connectivity index (χ1) is 17.7. The largest absolute Gasteiger partial charge is 0.491 e. The summed E-state index contributed by atoms with van der Waals surface area (Å²) in [6, 6.07) is 9.20. The molecule has 4 rings (SSSR count). The van der Waals surface area contributed by atoms with E-state index in [2.05, 4.69) is 32.1 Å². The van der Waals surface area contributed by atoms with Crippen molar-refractivity contribution >= 4 is 24.5 Å². The van der Waals surface area contributed by atoms with E-state index in [-0.39, 0.29) is 54.4 Å². The number of hydrogen-bond acceptors (Lipinski definition) is 6. The fourth-order valence-electron chi connectivity index (χ4n) is 6.04. The summed E-state index contributed by atoms with van der Waals surface area (Å²) >= 11 is 0. The minimum Gasteiger partial charge on any atom is -0.462 e. The molecule has 2 aliphatic carbocycles. The average Bonchev–Trinajstić information content (AvgIpc) is 2.87. The van der Waals surface area contributed by atoms with Crippen LogP contribution in [0.2, 0.25) is 0 Å². The van der Waals surface area contributed by atoms with Gasteiger partial charge in [0.05, 0.1) is 18.4 Å². The molecule has 1 N–H and O–H groups in total. The number of carbonyl (C=O) groups excluding carboxylic acids is 2. The SMILES string of the molecule is CC[C@@H](C)C(=O)O[C@H]1C[C@H](C)C=C2C=C[C@@H](C)[C@@H](CCC3C[C@@H](OB(O)c4ccccc4)CC(=O)O3)[C@@H]21. The number of rotatable bonds is 9. The zero-order valence-electron chi connectivity index (χ0n) is 22.5. The summed E-state index contributed by atoms with van der Waals surface area (Å²) in [5.41, 5.74) is 1.93. The van der Waals surface area contributed by atoms with Crippen molar-refractivity contribution in [1.29, 1.82) is 0 Å². The molecule has 0 bridgehead atoms. The van der Waals surface area contributed by atoms with E-state index in [0.717, 1.165) is 19.3 Å². The topological polar surface area (TPSA) is 82.1 Å². The Labute approximate surface area is 221 Å². The van der Waals surface area contributed by atoms with Gasteiger partial charge in [0.25, 0.3) is 0 Å². The maximum absolute atomic E-state index is 12.7. The molecule has 0 amide bonds. The third kappa shape index (κ3) is 6.94. The van der Waals surface area contributed by atoms with Crippen LogP contribution in [-0.4, -0.2) is 42.4 Å². The maximum atomic E-state index is 12.7. The Morgan fingerprint density at radius 1 is 1.19 bits per heavy atom. The Bertz CT molecular complexity index is 991. The summed E-state index contributed by atoms with van der Waals surface area (Å²) in [4.78, 5) is 25.1. The number of fused-ring (bicyclic) bond motifs is 1. The number of allylic oxidation sites excluding steroid dienone is 3. The second kappa shape index (κ2) is 12.4. The molecular formula is C30H41BO6. The van der Waals surface area contributed by atoms with Gasteiger partial charge in [-0.1, -0.05) is 76.3 Å². The monoisotopic (exact) mass is 508 g/mol. The Balaban J connectivity index is 1.42. The molecule has 1 aromatic rings. The highest BCUT2D eigenvalue weighted by molar-refractivity contribution is 6.60. The summed E-state index contributed by atoms with van der Waals surface area (Å²) in [7, 11) is -1.07. The predicted octanol–water partition coefficient (Wildman–Crippen LogP) is 4.61. The van der Waals surface area contributed by atoms with Gasteiger partial charge in [-0.15, -0.1) is 0 Å². The first-order valence-corrected chi connectivity index (χ1v) is 13.9. The van der Waals surface area contributed by atoms with Gasteiger partial charge in [0, 0.05) is 12.3 Å². The number of ether oxygens (including phenoxy) is 2. The zero-order valence-corrected chi connectivity index (χ0v) is 22.5. The Morgan fingerprint density at radius 3 is 2.68 bits per heavy atom. The molecular weight excluding hydrogens is 467 g/mol. The maximum Gasteiger partial charge on any atom is 0.491 e. The molecule has 1 saturated heterocycles. The van der Waals surface area contributed by atoms with Gasteiger partial charge in [-0.25, -0.2) is 0 Å². The lowest BCUT2D eigenvalue weighted by atomic mass is 9.65. The van der Waals surface area contributed by atoms with Gasteiger partial charge in [-0.05, 0) is 54.5 Å². The molecule has 0 spiro atoms. The van der Waals surface area contributed by atoms with E-state index in [9.17, 15) is 14.6 Å². The summed E-state index contributed by atoms with van der Waals surface area (Å²) in [6.45, 7) is 8.34. The summed E-state index contributed by atoms with van der Waals surface area (Å²) in [5.74, 6) is 0.610. The first-order valence-electron chi connectivity index (χ1n) is 13.9. The van der Waals surface area contributed by atoms with Crippen LogP contribution in [0.4, 0.5) is 0 Å². The highest BCUT2D eigenvalue weighted by Gasteiger charge is 2.42. The molecule has 0 radical (unpaired) electrons. The van der Waals surface area contributed by atoms with Crippen LogP contribution in [0.1, 0.15) is 66.2 Å². The van der Waals surface area contributed by atoms with E-state index >= 15 is 0 Å². The Morgan fingerprint density at radius 2 is 1.95 bits per heavy atom. The third-order valence-electron chi connectivity index (χ3n) is 8.32. The van der Waals surface area contributed by atoms with Crippen LogP contribution in [0.3, 0.4) is 0 Å². The molecule has 37 heavy (non-hydrogen) atoms. The average molecular weight is 508 g/mol. The smallest absolute Gasteiger partial charge is 0.462 e. The molecule has 6 nitrogen and oxygen atoms in total. The van der Waals surface area contributed by atoms with Crippen LogP contribution in [-0.2, 0) is 23.7 Å². The van der Waals surface area contributed by atoms with Crippen molar-refractivity contribution in [2.75, 3.05) is 0 Å². The van der Waals surface area contributed by atoms with E-state index < -0.39 is 7.12 Å². The molecule has 1 heterocycles. The number of esters is 2. The molecule has 3 aliphatic rings. The van der Waals surface area contributed by atoms with Crippen molar-refractivity contribution in [1.82, 2.24) is 0 Å². The molecule has 1 unspecified atom stereocenters. The van der Waals surface area contributed by atoms with Crippen LogP contribution in [0.25, 0.3) is 0 Å². The number of cyclic esters (lactones) is 1. The van der Waals surface area contributed by atoms with E-state index in [4.69, 9.17) is 14.1 Å². The lowest BCUT2D eigenvalue weighted by Crippen LogP contribution is -2.43. The molecule has 1 aliphatic heterocycles. The Hall–Kier alpha value is -2.38. The molecule has 200 valence electrons. The minimum absolute atomic E-state index is 0.107. The first kappa shape index (κ1) is 27.7. The van der Waals surface area contributed by atoms with Crippen molar-refractivity contribution in [3.63, 3.8) is 0 Å². The second-order valence-corrected chi connectivity index (χ2v) is 11.2. The van der Waals surface area contributed by atoms with Crippen molar-refractivity contribution < 1.29 is 28.7 Å². The van der Waals surface area contributed by atoms with Gasteiger partial charge in [0.2, 0.25) is 0 Å². The highest BCUT2D eigenvalue weighted by atomic mass is 16.6. The van der Waals surface area contributed by atoms with Crippen LogP contribution < -0.4 is 5.46 Å². The quantitative estimate of drug-likeness (QED) is 0.388. The highest BCUT2D eigenvalue weighted by Crippen LogP contribution is 2.45. The number of benzene rings is 1. The molecule has 8 atom stereocenters. The molecule has 7 heteroatoms. The summed E-state index contributed by atoms with van der Waals surface area (Å²) in [6.07, 6.45) is 9.86. The van der Waals surface area contributed by atoms with E-state index in [0.29, 0.717) is 30.1 Å². The van der Waals surface area contributed by atoms with Crippen molar-refractivity contribution in [2.45, 2.75) is 84.5 Å². The van der Waals surface area contributed by atoms with Gasteiger partial charge < -0.3 is 19.2 Å². The molecule has 0 aromatic heterocycles. The minimum atomic E-state index is -1.07. The standard InChI is InChI=1S/C30H41BO6/c1-5-20(3)30(33)36-27-16-19(2)15-22-12-11-21(4)26(29(22)27)14-13-24-17-25(18-28(32)35-24)37-31(34)23-9-7-6-8-10-23/h6-12,15,19-21,24-27,29,34H,5,13-14,16-18H2,1-4H3/t19-,20-,21-,24?,25-,26-,27+,29-/m1/s1. The van der Waals surface area contributed by atoms with Crippen molar-refractivity contribution in [3.05, 3.63) is 54.1 Å². The van der Waals surface area contributed by atoms with Gasteiger partial charge in [0.15, 0.2) is 0 Å². The predicted molar refractivity (Wildman–Crippen MR) is 144 cm³/mol. The van der Waals surface area contributed by atoms with Crippen LogP contribution >= 0.6 is 0 Å². The molecule has 1 fully saturated rings. The second-order valence-electron chi connectivity index (χ2n) is 11.2. The van der Waals surface area contributed by atoms with E-state index in [1.165, 1.54) is 5.57 Å². The van der Waals surface area contributed by atoms with Gasteiger partial charge in [-0.2, -0.15) is 0 Å². The normalized spacial score (nSPS) is 32.1. The van der Waals surface area contributed by atoms with Gasteiger partial charge >= 0.3 is 19.1 Å². The zero-order chi connectivity index (χ0) is 26.5. The van der Waals surface area contributed by atoms with E-state index in [1.807, 2.05) is 44.2 Å². The van der Waals surface area contributed by atoms with Crippen LogP contribution in [0.5, 0.6) is 0 Å². The molecule has 0 saturated carbocycles. The summed E-state index contributed by atoms with van der Waals surface area (Å²) in [5, 5.41) is 10.5. The van der Waals surface area contributed by atoms with Crippen molar-refractivity contribution in [3.8, 4) is 0 Å². The number of carbonyl (C=O) groups is 2. The lowest BCUT2D eigenvalue weighted by molar-refractivity contribution is -0.162. The fourth-order valence-corrected chi connectivity index (χ4v) is 6.04. The van der Waals surface area contributed by atoms with Crippen LogP contribution in [0, 0.1) is 29.6 Å². The lowest BCUT2D eigenvalue weighted by Gasteiger charge is -2.43. The van der Waals surface area contributed by atoms with E-state index in [1.54, 1.807) is 0 Å². The summed E-state index contributed by atoms with van der Waals surface area (Å²) < 4.78 is 17.7. The Kier molecular flexibility index (Phi) is 9.30. The molecule has 1 aromatic carbocycles. The third-order valence-corrected chi connectivity index (χ3v) is 8.32. The fraction of sp³-hybridized carbons (Fsp3) is 0.600. The van der Waals surface area contributed by atoms with Gasteiger partial charge in [0.1, 0.15) is 12.2 Å². The van der Waals surface area contributed by atoms with Gasteiger partial charge in [-0.3, -0.25) is 9.59 Å². The van der Waals surface area contributed by atoms with Crippen molar-refractivity contribution in [2.24, 2.45) is 29.6 Å². The number of hydrogen-bond donors (Lipinski definition) is 1. The van der Waals surface area contributed by atoms with Crippen LogP contribution in [0.15, 0.2) is 54.1 Å².